The van der Waals surface area contributed by atoms with Crippen LogP contribution in [0.5, 0.6) is 0 Å². The highest BCUT2D eigenvalue weighted by Gasteiger charge is 2.21. The molecule has 0 aliphatic carbocycles. The summed E-state index contributed by atoms with van der Waals surface area (Å²) in [4.78, 5) is 0. The van der Waals surface area contributed by atoms with Gasteiger partial charge in [0.1, 0.15) is 0 Å². The minimum Gasteiger partial charge on any atom is -0.202 e. The molecule has 0 aromatic heterocycles. The summed E-state index contributed by atoms with van der Waals surface area (Å²) < 4.78 is 49.2. The van der Waals surface area contributed by atoms with E-state index in [0.717, 1.165) is 22.3 Å². The molecule has 0 unspecified atom stereocenters. The van der Waals surface area contributed by atoms with E-state index in [9.17, 15) is 17.6 Å². The largest absolute Gasteiger partial charge is 0.202 e. The van der Waals surface area contributed by atoms with Gasteiger partial charge in [-0.25, -0.2) is 17.6 Å². The fourth-order valence-corrected chi connectivity index (χ4v) is 3.17. The van der Waals surface area contributed by atoms with Crippen LogP contribution < -0.4 is 0 Å². The first-order chi connectivity index (χ1) is 12.0. The second kappa shape index (κ2) is 9.00. The Kier molecular flexibility index (Phi) is 7.84. The molecule has 0 saturated heterocycles. The standard InChI is InChI=1S/C12H12N2.C6F4I2/c1-7-8(2)12(6-14)10(4)9(3)11(7)5-13;7-1-2(8)6(12)4(10)3(9)5(1)11/h1-4H3;. The average Bonchev–Trinajstić information content (AvgIpc) is 2.63. The van der Waals surface area contributed by atoms with Crippen molar-refractivity contribution in [1.29, 1.82) is 10.5 Å². The van der Waals surface area contributed by atoms with Crippen LogP contribution in [-0.4, -0.2) is 0 Å². The zero-order chi connectivity index (χ0) is 20.3. The minimum absolute atomic E-state index is 0.664. The lowest BCUT2D eigenvalue weighted by molar-refractivity contribution is 0.437. The van der Waals surface area contributed by atoms with E-state index in [1.165, 1.54) is 45.2 Å². The molecule has 136 valence electrons. The Morgan fingerprint density at radius 2 is 0.769 bits per heavy atom. The second-order valence-corrected chi connectivity index (χ2v) is 7.51. The number of nitriles is 2. The van der Waals surface area contributed by atoms with Crippen molar-refractivity contribution in [3.63, 3.8) is 0 Å². The molecule has 0 saturated carbocycles. The van der Waals surface area contributed by atoms with Crippen molar-refractivity contribution in [2.45, 2.75) is 27.7 Å². The lowest BCUT2D eigenvalue weighted by atomic mass is 9.90. The zero-order valence-corrected chi connectivity index (χ0v) is 18.5. The van der Waals surface area contributed by atoms with Gasteiger partial charge in [-0.05, 0) is 95.1 Å². The summed E-state index contributed by atoms with van der Waals surface area (Å²) in [6, 6.07) is 4.37. The predicted molar refractivity (Wildman–Crippen MR) is 107 cm³/mol. The van der Waals surface area contributed by atoms with Crippen molar-refractivity contribution in [3.05, 3.63) is 63.8 Å². The molecule has 0 amide bonds. The SMILES string of the molecule is Cc1c(C)c(C#N)c(C)c(C)c1C#N.Fc1c(F)c(I)c(F)c(F)c1I. The highest BCUT2D eigenvalue weighted by Crippen LogP contribution is 2.26. The van der Waals surface area contributed by atoms with Crippen LogP contribution in [0.4, 0.5) is 17.6 Å². The maximum absolute atomic E-state index is 12.6. The lowest BCUT2D eigenvalue weighted by Crippen LogP contribution is -2.02. The summed E-state index contributed by atoms with van der Waals surface area (Å²) in [7, 11) is 0. The first kappa shape index (κ1) is 22.6. The highest BCUT2D eigenvalue weighted by molar-refractivity contribution is 14.1. The van der Waals surface area contributed by atoms with Gasteiger partial charge >= 0.3 is 0 Å². The molecule has 0 atom stereocenters. The maximum Gasteiger partial charge on any atom is 0.176 e. The van der Waals surface area contributed by atoms with Crippen molar-refractivity contribution in [2.24, 2.45) is 0 Å². The first-order valence-electron chi connectivity index (χ1n) is 7.08. The Hall–Kier alpha value is -1.40. The van der Waals surface area contributed by atoms with Crippen LogP contribution in [0.3, 0.4) is 0 Å². The van der Waals surface area contributed by atoms with E-state index < -0.39 is 30.4 Å². The van der Waals surface area contributed by atoms with Crippen molar-refractivity contribution in [1.82, 2.24) is 0 Å². The summed E-state index contributed by atoms with van der Waals surface area (Å²) in [6.45, 7) is 7.56. The van der Waals surface area contributed by atoms with E-state index in [4.69, 9.17) is 10.5 Å². The highest BCUT2D eigenvalue weighted by atomic mass is 127. The number of hydrogen-bond acceptors (Lipinski definition) is 2. The molecule has 0 N–H and O–H groups in total. The van der Waals surface area contributed by atoms with Gasteiger partial charge in [0.05, 0.1) is 30.4 Å². The van der Waals surface area contributed by atoms with Crippen LogP contribution in [0.25, 0.3) is 0 Å². The fraction of sp³-hybridized carbons (Fsp3) is 0.222. The van der Waals surface area contributed by atoms with Crippen LogP contribution in [0.1, 0.15) is 33.4 Å². The van der Waals surface area contributed by atoms with Crippen LogP contribution in [-0.2, 0) is 0 Å². The van der Waals surface area contributed by atoms with Gasteiger partial charge in [-0.1, -0.05) is 0 Å². The van der Waals surface area contributed by atoms with Crippen LogP contribution >= 0.6 is 45.2 Å². The summed E-state index contributed by atoms with van der Waals surface area (Å²) in [5.74, 6) is -5.39. The van der Waals surface area contributed by atoms with E-state index in [1.54, 1.807) is 0 Å². The second-order valence-electron chi connectivity index (χ2n) is 5.36. The average molecular weight is 586 g/mol. The molecule has 2 aromatic carbocycles. The van der Waals surface area contributed by atoms with Crippen LogP contribution in [0, 0.1) is 80.8 Å². The summed E-state index contributed by atoms with van der Waals surface area (Å²) >= 11 is 2.41. The number of benzene rings is 2. The minimum atomic E-state index is -1.35. The summed E-state index contributed by atoms with van der Waals surface area (Å²) in [6.07, 6.45) is 0. The molecular weight excluding hydrogens is 574 g/mol. The molecule has 0 radical (unpaired) electrons. The third kappa shape index (κ3) is 4.12. The molecule has 26 heavy (non-hydrogen) atoms. The molecule has 2 aromatic rings. The van der Waals surface area contributed by atoms with Crippen molar-refractivity contribution >= 4 is 45.2 Å². The molecule has 0 bridgehead atoms. The summed E-state index contributed by atoms with van der Waals surface area (Å²) in [5.41, 5.74) is 5.11. The van der Waals surface area contributed by atoms with Gasteiger partial charge < -0.3 is 0 Å². The van der Waals surface area contributed by atoms with Gasteiger partial charge in [0, 0.05) is 0 Å². The third-order valence-electron chi connectivity index (χ3n) is 4.00. The third-order valence-corrected chi connectivity index (χ3v) is 5.90. The Balaban J connectivity index is 0.000000263. The molecule has 0 aliphatic heterocycles. The Morgan fingerprint density at radius 3 is 0.923 bits per heavy atom. The van der Waals surface area contributed by atoms with E-state index in [0.29, 0.717) is 11.1 Å². The predicted octanol–water partition coefficient (Wildman–Crippen LogP) is 6.12. The van der Waals surface area contributed by atoms with E-state index in [-0.39, 0.29) is 0 Å². The normalized spacial score (nSPS) is 9.85. The summed E-state index contributed by atoms with van der Waals surface area (Å²) in [5, 5.41) is 18.0. The number of halogens is 6. The quantitative estimate of drug-likeness (QED) is 0.162. The number of rotatable bonds is 0. The molecule has 2 rings (SSSR count). The first-order valence-corrected chi connectivity index (χ1v) is 9.24. The van der Waals surface area contributed by atoms with E-state index in [2.05, 4.69) is 12.1 Å². The van der Waals surface area contributed by atoms with Crippen LogP contribution in [0.15, 0.2) is 0 Å². The van der Waals surface area contributed by atoms with Gasteiger partial charge in [-0.3, -0.25) is 0 Å². The number of hydrogen-bond donors (Lipinski definition) is 0. The Morgan fingerprint density at radius 1 is 0.577 bits per heavy atom. The fourth-order valence-electron chi connectivity index (χ4n) is 2.23. The molecule has 0 heterocycles. The van der Waals surface area contributed by atoms with Crippen molar-refractivity contribution < 1.29 is 17.6 Å². The van der Waals surface area contributed by atoms with Gasteiger partial charge in [-0.2, -0.15) is 10.5 Å². The maximum atomic E-state index is 12.6. The van der Waals surface area contributed by atoms with E-state index >= 15 is 0 Å². The lowest BCUT2D eigenvalue weighted by Gasteiger charge is -2.12. The Bertz CT molecular complexity index is 794. The smallest absolute Gasteiger partial charge is 0.176 e. The van der Waals surface area contributed by atoms with Gasteiger partial charge in [0.15, 0.2) is 23.3 Å². The number of nitrogens with zero attached hydrogens (tertiary/aromatic N) is 2. The monoisotopic (exact) mass is 586 g/mol. The van der Waals surface area contributed by atoms with E-state index in [1.807, 2.05) is 27.7 Å². The van der Waals surface area contributed by atoms with Crippen LogP contribution in [0.2, 0.25) is 0 Å². The Labute approximate surface area is 176 Å². The topological polar surface area (TPSA) is 47.6 Å². The van der Waals surface area contributed by atoms with Crippen molar-refractivity contribution in [2.75, 3.05) is 0 Å². The van der Waals surface area contributed by atoms with Gasteiger partial charge in [-0.15, -0.1) is 0 Å². The zero-order valence-electron chi connectivity index (χ0n) is 14.2. The molecule has 8 heteroatoms. The molecule has 0 fully saturated rings. The van der Waals surface area contributed by atoms with Gasteiger partial charge in [0.25, 0.3) is 0 Å². The molecule has 0 aliphatic rings. The van der Waals surface area contributed by atoms with Crippen molar-refractivity contribution in [3.8, 4) is 12.1 Å². The molecule has 2 nitrogen and oxygen atoms in total. The van der Waals surface area contributed by atoms with Gasteiger partial charge in [0.2, 0.25) is 0 Å². The molecule has 0 spiro atoms. The molecular formula is C18H12F4I2N2.